The summed E-state index contributed by atoms with van der Waals surface area (Å²) in [5, 5.41) is 9.21. The topological polar surface area (TPSA) is 84.9 Å². The molecule has 1 aromatic rings. The van der Waals surface area contributed by atoms with Gasteiger partial charge in [-0.3, -0.25) is 0 Å². The van der Waals surface area contributed by atoms with Crippen molar-refractivity contribution in [1.29, 1.82) is 0 Å². The number of rotatable bonds is 9. The average Bonchev–Trinajstić information content (AvgIpc) is 2.47. The number of aliphatic hydroxyl groups excluding tert-OH is 1. The Morgan fingerprint density at radius 3 is 2.23 bits per heavy atom. The number of nitrogens with one attached hydrogen (secondary N) is 1. The third-order valence-corrected chi connectivity index (χ3v) is 4.71. The zero-order valence-corrected chi connectivity index (χ0v) is 14.4. The number of hydrogen-bond acceptors (Lipinski definition) is 5. The fraction of sp³-hybridized carbons (Fsp3) is 0.600. The first-order chi connectivity index (χ1) is 10.4. The Morgan fingerprint density at radius 2 is 1.73 bits per heavy atom. The molecule has 0 saturated heterocycles. The molecule has 2 N–H and O–H groups in total. The summed E-state index contributed by atoms with van der Waals surface area (Å²) in [6.07, 6.45) is 0.490. The molecule has 0 radical (unpaired) electrons. The molecule has 0 fully saturated rings. The molecule has 0 aliphatic carbocycles. The van der Waals surface area contributed by atoms with Crippen LogP contribution in [0.25, 0.3) is 0 Å². The predicted molar refractivity (Wildman–Crippen MR) is 85.0 cm³/mol. The average molecular weight is 331 g/mol. The van der Waals surface area contributed by atoms with Crippen molar-refractivity contribution in [3.05, 3.63) is 17.7 Å². The van der Waals surface area contributed by atoms with Crippen LogP contribution in [-0.4, -0.2) is 39.4 Å². The van der Waals surface area contributed by atoms with Gasteiger partial charge in [-0.05, 0) is 38.8 Å². The van der Waals surface area contributed by atoms with Gasteiger partial charge in [-0.25, -0.2) is 13.1 Å². The molecule has 0 aliphatic rings. The maximum atomic E-state index is 12.6. The number of aliphatic hydroxyl groups is 1. The number of sulfonamides is 1. The van der Waals surface area contributed by atoms with E-state index in [4.69, 9.17) is 9.47 Å². The minimum absolute atomic E-state index is 0.0234. The third kappa shape index (κ3) is 4.59. The molecule has 1 aromatic carbocycles. The van der Waals surface area contributed by atoms with Crippen LogP contribution in [0.5, 0.6) is 11.5 Å². The Hall–Kier alpha value is -1.31. The molecule has 22 heavy (non-hydrogen) atoms. The second-order valence-corrected chi connectivity index (χ2v) is 6.52. The minimum Gasteiger partial charge on any atom is -0.494 e. The van der Waals surface area contributed by atoms with E-state index in [1.807, 2.05) is 13.8 Å². The van der Waals surface area contributed by atoms with Crippen LogP contribution in [0.4, 0.5) is 0 Å². The monoisotopic (exact) mass is 331 g/mol. The summed E-state index contributed by atoms with van der Waals surface area (Å²) in [7, 11) is -3.81. The largest absolute Gasteiger partial charge is 0.494 e. The standard InChI is InChI=1S/C15H25NO5S/c1-5-12(10-17)16-22(18,19)15-9-13(20-6-2)11(4)8-14(15)21-7-3/h8-9,12,16-17H,5-7,10H2,1-4H3/t12-/m0/s1. The summed E-state index contributed by atoms with van der Waals surface area (Å²) in [5.74, 6) is 0.784. The van der Waals surface area contributed by atoms with E-state index in [1.54, 1.807) is 19.9 Å². The van der Waals surface area contributed by atoms with Crippen molar-refractivity contribution in [2.45, 2.75) is 45.1 Å². The molecule has 0 aromatic heterocycles. The van der Waals surface area contributed by atoms with Crippen LogP contribution < -0.4 is 14.2 Å². The highest BCUT2D eigenvalue weighted by atomic mass is 32.2. The zero-order chi connectivity index (χ0) is 16.8. The quantitative estimate of drug-likeness (QED) is 0.721. The van der Waals surface area contributed by atoms with Crippen molar-refractivity contribution in [3.8, 4) is 11.5 Å². The van der Waals surface area contributed by atoms with Crippen LogP contribution >= 0.6 is 0 Å². The molecule has 0 heterocycles. The Labute approximate surface area is 132 Å². The van der Waals surface area contributed by atoms with Crippen LogP contribution in [0.3, 0.4) is 0 Å². The number of hydrogen-bond donors (Lipinski definition) is 2. The lowest BCUT2D eigenvalue weighted by Crippen LogP contribution is -2.37. The van der Waals surface area contributed by atoms with Crippen LogP contribution in [0.15, 0.2) is 17.0 Å². The summed E-state index contributed by atoms with van der Waals surface area (Å²) < 4.78 is 38.5. The fourth-order valence-electron chi connectivity index (χ4n) is 1.96. The SMILES string of the molecule is CCOc1cc(S(=O)(=O)N[C@@H](CC)CO)c(OCC)cc1C. The molecule has 0 spiro atoms. The lowest BCUT2D eigenvalue weighted by Gasteiger charge is -2.18. The van der Waals surface area contributed by atoms with Crippen molar-refractivity contribution in [2.75, 3.05) is 19.8 Å². The van der Waals surface area contributed by atoms with Gasteiger partial charge in [0, 0.05) is 12.1 Å². The van der Waals surface area contributed by atoms with E-state index in [1.165, 1.54) is 6.07 Å². The van der Waals surface area contributed by atoms with E-state index in [9.17, 15) is 13.5 Å². The molecule has 0 bridgehead atoms. The molecular formula is C15H25NO5S. The predicted octanol–water partition coefficient (Wildman–Crippen LogP) is 1.84. The molecule has 7 heteroatoms. The molecule has 0 amide bonds. The Kier molecular flexibility index (Phi) is 7.12. The summed E-state index contributed by atoms with van der Waals surface area (Å²) in [4.78, 5) is 0.0234. The molecule has 6 nitrogen and oxygen atoms in total. The highest BCUT2D eigenvalue weighted by Crippen LogP contribution is 2.32. The van der Waals surface area contributed by atoms with Crippen LogP contribution in [0, 0.1) is 6.92 Å². The lowest BCUT2D eigenvalue weighted by molar-refractivity contribution is 0.253. The Morgan fingerprint density at radius 1 is 1.14 bits per heavy atom. The van der Waals surface area contributed by atoms with Gasteiger partial charge in [0.2, 0.25) is 10.0 Å². The van der Waals surface area contributed by atoms with Gasteiger partial charge in [0.1, 0.15) is 16.4 Å². The number of benzene rings is 1. The molecule has 0 unspecified atom stereocenters. The Bertz CT molecular complexity index is 582. The van der Waals surface area contributed by atoms with Gasteiger partial charge in [-0.2, -0.15) is 0 Å². The molecule has 0 saturated carbocycles. The van der Waals surface area contributed by atoms with Crippen molar-refractivity contribution < 1.29 is 23.0 Å². The normalized spacial score (nSPS) is 13.0. The number of ether oxygens (including phenoxy) is 2. The van der Waals surface area contributed by atoms with Gasteiger partial charge in [0.05, 0.1) is 19.8 Å². The second kappa shape index (κ2) is 8.36. The second-order valence-electron chi connectivity index (χ2n) is 4.84. The molecule has 0 aliphatic heterocycles. The van der Waals surface area contributed by atoms with Crippen molar-refractivity contribution in [1.82, 2.24) is 4.72 Å². The van der Waals surface area contributed by atoms with Gasteiger partial charge in [0.25, 0.3) is 0 Å². The zero-order valence-electron chi connectivity index (χ0n) is 13.5. The molecule has 1 rings (SSSR count). The molecule has 1 atom stereocenters. The van der Waals surface area contributed by atoms with E-state index >= 15 is 0 Å². The van der Waals surface area contributed by atoms with Crippen LogP contribution in [0.2, 0.25) is 0 Å². The van der Waals surface area contributed by atoms with Gasteiger partial charge in [-0.15, -0.1) is 0 Å². The van der Waals surface area contributed by atoms with Crippen molar-refractivity contribution in [3.63, 3.8) is 0 Å². The first-order valence-electron chi connectivity index (χ1n) is 7.42. The van der Waals surface area contributed by atoms with E-state index in [0.29, 0.717) is 25.4 Å². The van der Waals surface area contributed by atoms with E-state index in [-0.39, 0.29) is 17.3 Å². The van der Waals surface area contributed by atoms with Gasteiger partial charge in [-0.1, -0.05) is 6.92 Å². The highest BCUT2D eigenvalue weighted by molar-refractivity contribution is 7.89. The van der Waals surface area contributed by atoms with Gasteiger partial charge < -0.3 is 14.6 Å². The smallest absolute Gasteiger partial charge is 0.244 e. The summed E-state index contributed by atoms with van der Waals surface area (Å²) in [6.45, 7) is 7.79. The van der Waals surface area contributed by atoms with Gasteiger partial charge in [0.15, 0.2) is 0 Å². The maximum absolute atomic E-state index is 12.6. The minimum atomic E-state index is -3.81. The van der Waals surface area contributed by atoms with Crippen LogP contribution in [0.1, 0.15) is 32.8 Å². The first kappa shape index (κ1) is 18.7. The summed E-state index contributed by atoms with van der Waals surface area (Å²) in [6, 6.07) is 2.59. The summed E-state index contributed by atoms with van der Waals surface area (Å²) in [5.41, 5.74) is 0.804. The fourth-order valence-corrected chi connectivity index (χ4v) is 3.42. The Balaban J connectivity index is 3.31. The highest BCUT2D eigenvalue weighted by Gasteiger charge is 2.24. The third-order valence-electron chi connectivity index (χ3n) is 3.17. The molecular weight excluding hydrogens is 306 g/mol. The lowest BCUT2D eigenvalue weighted by atomic mass is 10.2. The maximum Gasteiger partial charge on any atom is 0.244 e. The van der Waals surface area contributed by atoms with Crippen LogP contribution in [-0.2, 0) is 10.0 Å². The summed E-state index contributed by atoms with van der Waals surface area (Å²) >= 11 is 0. The molecule has 126 valence electrons. The van der Waals surface area contributed by atoms with E-state index < -0.39 is 16.1 Å². The van der Waals surface area contributed by atoms with Gasteiger partial charge >= 0.3 is 0 Å². The number of aryl methyl sites for hydroxylation is 1. The first-order valence-corrected chi connectivity index (χ1v) is 8.91. The van der Waals surface area contributed by atoms with E-state index in [2.05, 4.69) is 4.72 Å². The van der Waals surface area contributed by atoms with Crippen molar-refractivity contribution in [2.24, 2.45) is 0 Å². The van der Waals surface area contributed by atoms with E-state index in [0.717, 1.165) is 5.56 Å². The van der Waals surface area contributed by atoms with Crippen molar-refractivity contribution >= 4 is 10.0 Å².